The Morgan fingerprint density at radius 2 is 2.45 bits per heavy atom. The number of thioether (sulfide) groups is 1. The fourth-order valence-electron chi connectivity index (χ4n) is 1.95. The standard InChI is InChI=1S/C12H17N5O2S/c1-3-4-8(2)11(19)17-7-20-5-9(17)10(18)15-12-13-6-14-16-12/h4,6,9H,3,5,7H2,1-2H3,(H2,13,14,15,16,18)/b8-4+. The summed E-state index contributed by atoms with van der Waals surface area (Å²) >= 11 is 1.57. The summed E-state index contributed by atoms with van der Waals surface area (Å²) in [6.07, 6.45) is 3.99. The lowest BCUT2D eigenvalue weighted by Crippen LogP contribution is -2.45. The van der Waals surface area contributed by atoms with Crippen LogP contribution in [0.2, 0.25) is 0 Å². The lowest BCUT2D eigenvalue weighted by Gasteiger charge is -2.22. The molecule has 1 saturated heterocycles. The number of nitrogens with zero attached hydrogens (tertiary/aromatic N) is 3. The molecule has 0 aliphatic carbocycles. The zero-order chi connectivity index (χ0) is 14.5. The molecule has 8 heteroatoms. The molecule has 7 nitrogen and oxygen atoms in total. The maximum absolute atomic E-state index is 12.3. The van der Waals surface area contributed by atoms with Crippen molar-refractivity contribution >= 4 is 29.5 Å². The van der Waals surface area contributed by atoms with Gasteiger partial charge in [0.1, 0.15) is 12.4 Å². The van der Waals surface area contributed by atoms with E-state index in [9.17, 15) is 9.59 Å². The van der Waals surface area contributed by atoms with Crippen LogP contribution in [0.3, 0.4) is 0 Å². The van der Waals surface area contributed by atoms with E-state index in [1.807, 2.05) is 13.0 Å². The number of amides is 2. The van der Waals surface area contributed by atoms with Crippen molar-refractivity contribution in [3.05, 3.63) is 18.0 Å². The molecule has 1 aromatic rings. The van der Waals surface area contributed by atoms with Gasteiger partial charge in [-0.25, -0.2) is 5.10 Å². The molecule has 1 unspecified atom stereocenters. The van der Waals surface area contributed by atoms with Crippen LogP contribution < -0.4 is 5.32 Å². The lowest BCUT2D eigenvalue weighted by atomic mass is 10.2. The number of allylic oxidation sites excluding steroid dienone is 1. The number of nitrogens with one attached hydrogen (secondary N) is 2. The molecule has 2 amide bonds. The monoisotopic (exact) mass is 295 g/mol. The Hall–Kier alpha value is -1.83. The van der Waals surface area contributed by atoms with Gasteiger partial charge in [-0.3, -0.25) is 14.9 Å². The van der Waals surface area contributed by atoms with Crippen LogP contribution in [0, 0.1) is 0 Å². The van der Waals surface area contributed by atoms with E-state index in [-0.39, 0.29) is 11.8 Å². The Morgan fingerprint density at radius 1 is 1.65 bits per heavy atom. The van der Waals surface area contributed by atoms with Gasteiger partial charge in [0.25, 0.3) is 5.91 Å². The number of rotatable bonds is 4. The van der Waals surface area contributed by atoms with Crippen molar-refractivity contribution < 1.29 is 9.59 Å². The Bertz CT molecular complexity index is 514. The first-order chi connectivity index (χ1) is 9.63. The van der Waals surface area contributed by atoms with E-state index in [0.29, 0.717) is 23.2 Å². The van der Waals surface area contributed by atoms with Gasteiger partial charge in [0.05, 0.1) is 5.88 Å². The lowest BCUT2D eigenvalue weighted by molar-refractivity contribution is -0.133. The van der Waals surface area contributed by atoms with Crippen molar-refractivity contribution in [1.29, 1.82) is 0 Å². The highest BCUT2D eigenvalue weighted by Gasteiger charge is 2.35. The van der Waals surface area contributed by atoms with Crippen LogP contribution in [0.4, 0.5) is 5.95 Å². The molecule has 2 rings (SSSR count). The third-order valence-corrected chi connectivity index (χ3v) is 3.96. The van der Waals surface area contributed by atoms with Crippen molar-refractivity contribution in [2.45, 2.75) is 26.3 Å². The molecule has 2 N–H and O–H groups in total. The van der Waals surface area contributed by atoms with E-state index < -0.39 is 6.04 Å². The zero-order valence-corrected chi connectivity index (χ0v) is 12.2. The molecule has 108 valence electrons. The molecule has 1 fully saturated rings. The van der Waals surface area contributed by atoms with Gasteiger partial charge in [-0.15, -0.1) is 11.8 Å². The molecule has 20 heavy (non-hydrogen) atoms. The maximum atomic E-state index is 12.3. The van der Waals surface area contributed by atoms with Crippen LogP contribution in [0.1, 0.15) is 20.3 Å². The molecule has 0 spiro atoms. The highest BCUT2D eigenvalue weighted by atomic mass is 32.2. The summed E-state index contributed by atoms with van der Waals surface area (Å²) in [6.45, 7) is 3.75. The first-order valence-corrected chi connectivity index (χ1v) is 7.50. The molecule has 0 bridgehead atoms. The summed E-state index contributed by atoms with van der Waals surface area (Å²) in [6, 6.07) is -0.474. The normalized spacial score (nSPS) is 19.2. The van der Waals surface area contributed by atoms with Crippen LogP contribution in [-0.2, 0) is 9.59 Å². The molecule has 1 aliphatic heterocycles. The average molecular weight is 295 g/mol. The predicted octanol–water partition coefficient (Wildman–Crippen LogP) is 1.00. The zero-order valence-electron chi connectivity index (χ0n) is 11.4. The van der Waals surface area contributed by atoms with Gasteiger partial charge in [-0.2, -0.15) is 10.1 Å². The molecule has 2 heterocycles. The summed E-state index contributed by atoms with van der Waals surface area (Å²) < 4.78 is 0. The van der Waals surface area contributed by atoms with Crippen LogP contribution >= 0.6 is 11.8 Å². The summed E-state index contributed by atoms with van der Waals surface area (Å²) in [7, 11) is 0. The Kier molecular flexibility index (Phi) is 4.78. The molecule has 0 radical (unpaired) electrons. The smallest absolute Gasteiger partial charge is 0.250 e. The second-order valence-corrected chi connectivity index (χ2v) is 5.41. The minimum atomic E-state index is -0.474. The Morgan fingerprint density at radius 3 is 3.10 bits per heavy atom. The van der Waals surface area contributed by atoms with Gasteiger partial charge in [-0.1, -0.05) is 13.0 Å². The molecular formula is C12H17N5O2S. The van der Waals surface area contributed by atoms with E-state index in [4.69, 9.17) is 0 Å². The quantitative estimate of drug-likeness (QED) is 0.809. The summed E-state index contributed by atoms with van der Waals surface area (Å²) in [5.74, 6) is 1.08. The molecule has 1 aromatic heterocycles. The molecule has 0 aromatic carbocycles. The van der Waals surface area contributed by atoms with E-state index in [1.54, 1.807) is 23.6 Å². The van der Waals surface area contributed by atoms with Crippen LogP contribution in [-0.4, -0.2) is 49.6 Å². The van der Waals surface area contributed by atoms with Crippen molar-refractivity contribution in [1.82, 2.24) is 20.1 Å². The molecule has 1 atom stereocenters. The number of hydrogen-bond acceptors (Lipinski definition) is 5. The number of hydrogen-bond donors (Lipinski definition) is 2. The second-order valence-electron chi connectivity index (χ2n) is 4.41. The number of aromatic amines is 1. The van der Waals surface area contributed by atoms with Crippen LogP contribution in [0.5, 0.6) is 0 Å². The molecule has 1 aliphatic rings. The Balaban J connectivity index is 2.05. The second kappa shape index (κ2) is 6.56. The number of H-pyrrole nitrogens is 1. The Labute approximate surface area is 121 Å². The van der Waals surface area contributed by atoms with Gasteiger partial charge < -0.3 is 4.90 Å². The van der Waals surface area contributed by atoms with Crippen LogP contribution in [0.15, 0.2) is 18.0 Å². The van der Waals surface area contributed by atoms with Crippen LogP contribution in [0.25, 0.3) is 0 Å². The van der Waals surface area contributed by atoms with Gasteiger partial charge in [0, 0.05) is 11.3 Å². The first kappa shape index (κ1) is 14.6. The molecule has 0 saturated carbocycles. The highest BCUT2D eigenvalue weighted by Crippen LogP contribution is 2.23. The predicted molar refractivity (Wildman–Crippen MR) is 77.0 cm³/mol. The van der Waals surface area contributed by atoms with E-state index in [1.165, 1.54) is 6.33 Å². The summed E-state index contributed by atoms with van der Waals surface area (Å²) in [5.41, 5.74) is 0.674. The fraction of sp³-hybridized carbons (Fsp3) is 0.500. The van der Waals surface area contributed by atoms with Crippen molar-refractivity contribution in [3.8, 4) is 0 Å². The SMILES string of the molecule is CC/C=C(\C)C(=O)N1CSCC1C(=O)Nc1ncn[nH]1. The molecular weight excluding hydrogens is 278 g/mol. The topological polar surface area (TPSA) is 91.0 Å². The number of carbonyl (C=O) groups excluding carboxylic acids is 2. The maximum Gasteiger partial charge on any atom is 0.250 e. The fourth-order valence-corrected chi connectivity index (χ4v) is 3.10. The number of aromatic nitrogens is 3. The van der Waals surface area contributed by atoms with Gasteiger partial charge in [0.15, 0.2) is 0 Å². The van der Waals surface area contributed by atoms with E-state index >= 15 is 0 Å². The van der Waals surface area contributed by atoms with E-state index in [0.717, 1.165) is 6.42 Å². The minimum absolute atomic E-state index is 0.0884. The first-order valence-electron chi connectivity index (χ1n) is 6.35. The van der Waals surface area contributed by atoms with E-state index in [2.05, 4.69) is 20.5 Å². The van der Waals surface area contributed by atoms with Gasteiger partial charge in [0.2, 0.25) is 11.9 Å². The van der Waals surface area contributed by atoms with Crippen molar-refractivity contribution in [2.75, 3.05) is 16.9 Å². The number of carbonyl (C=O) groups is 2. The van der Waals surface area contributed by atoms with Crippen molar-refractivity contribution in [2.24, 2.45) is 0 Å². The van der Waals surface area contributed by atoms with Gasteiger partial charge >= 0.3 is 0 Å². The third kappa shape index (κ3) is 3.19. The summed E-state index contributed by atoms with van der Waals surface area (Å²) in [5, 5.41) is 8.85. The highest BCUT2D eigenvalue weighted by molar-refractivity contribution is 7.99. The third-order valence-electron chi connectivity index (χ3n) is 2.95. The van der Waals surface area contributed by atoms with Gasteiger partial charge in [-0.05, 0) is 13.3 Å². The average Bonchev–Trinajstić information content (AvgIpc) is 3.08. The minimum Gasteiger partial charge on any atom is -0.317 e. The van der Waals surface area contributed by atoms with Crippen molar-refractivity contribution in [3.63, 3.8) is 0 Å². The number of anilines is 1. The summed E-state index contributed by atoms with van der Waals surface area (Å²) in [4.78, 5) is 29.9. The largest absolute Gasteiger partial charge is 0.317 e.